The Morgan fingerprint density at radius 3 is 2.62 bits per heavy atom. The molecular weight excluding hydrogens is 205 g/mol. The zero-order chi connectivity index (χ0) is 11.6. The third-order valence-electron chi connectivity index (χ3n) is 3.05. The van der Waals surface area contributed by atoms with E-state index in [9.17, 15) is 4.39 Å². The molecule has 1 saturated heterocycles. The summed E-state index contributed by atoms with van der Waals surface area (Å²) in [5, 5.41) is 8.90. The fourth-order valence-corrected chi connectivity index (χ4v) is 1.95. The average Bonchev–Trinajstić information content (AvgIpc) is 2.30. The number of benzene rings is 1. The van der Waals surface area contributed by atoms with Gasteiger partial charge < -0.3 is 10.6 Å². The smallest absolute Gasteiger partial charge is 0.125 e. The molecule has 0 radical (unpaired) electrons. The van der Waals surface area contributed by atoms with Gasteiger partial charge >= 0.3 is 0 Å². The molecule has 1 aliphatic rings. The first-order valence-electron chi connectivity index (χ1n) is 5.34. The van der Waals surface area contributed by atoms with E-state index in [0.29, 0.717) is 25.9 Å². The number of piperidine rings is 1. The van der Waals surface area contributed by atoms with E-state index in [-0.39, 0.29) is 5.82 Å². The first kappa shape index (κ1) is 10.9. The molecule has 0 bridgehead atoms. The molecule has 0 saturated carbocycles. The van der Waals surface area contributed by atoms with Gasteiger partial charge in [0.1, 0.15) is 11.4 Å². The molecule has 2 rings (SSSR count). The molecule has 2 N–H and O–H groups in total. The highest BCUT2D eigenvalue weighted by molar-refractivity contribution is 5.47. The van der Waals surface area contributed by atoms with Gasteiger partial charge in [0.2, 0.25) is 0 Å². The van der Waals surface area contributed by atoms with E-state index in [1.54, 1.807) is 6.07 Å². The summed E-state index contributed by atoms with van der Waals surface area (Å²) in [5.74, 6) is -0.234. The lowest BCUT2D eigenvalue weighted by molar-refractivity contribution is 0.415. The summed E-state index contributed by atoms with van der Waals surface area (Å²) in [6.07, 6.45) is 1.25. The van der Waals surface area contributed by atoms with Crippen molar-refractivity contribution in [1.82, 2.24) is 0 Å². The van der Waals surface area contributed by atoms with Crippen molar-refractivity contribution in [3.63, 3.8) is 0 Å². The highest BCUT2D eigenvalue weighted by Gasteiger charge is 2.30. The maximum absolute atomic E-state index is 13.0. The topological polar surface area (TPSA) is 53.1 Å². The molecule has 1 fully saturated rings. The van der Waals surface area contributed by atoms with Crippen molar-refractivity contribution in [3.05, 3.63) is 30.1 Å². The number of nitrogens with two attached hydrogens (primary N) is 1. The molecule has 0 aromatic heterocycles. The molecule has 84 valence electrons. The number of hydrogen-bond acceptors (Lipinski definition) is 3. The highest BCUT2D eigenvalue weighted by Crippen LogP contribution is 2.24. The molecule has 0 aliphatic carbocycles. The van der Waals surface area contributed by atoms with E-state index in [2.05, 4.69) is 11.0 Å². The van der Waals surface area contributed by atoms with E-state index in [1.807, 2.05) is 6.07 Å². The second kappa shape index (κ2) is 4.11. The van der Waals surface area contributed by atoms with Gasteiger partial charge in [-0.05, 0) is 31.0 Å². The molecule has 1 aliphatic heterocycles. The Morgan fingerprint density at radius 1 is 1.38 bits per heavy atom. The standard InChI is InChI=1S/C12H14FN3/c13-10-2-1-3-11(8-10)16-6-4-12(15,9-14)5-7-16/h1-3,8H,4-7,15H2. The van der Waals surface area contributed by atoms with Crippen LogP contribution in [0.2, 0.25) is 0 Å². The predicted octanol–water partition coefficient (Wildman–Crippen LogP) is 1.65. The third-order valence-corrected chi connectivity index (χ3v) is 3.05. The zero-order valence-electron chi connectivity index (χ0n) is 8.99. The Labute approximate surface area is 94.3 Å². The Balaban J connectivity index is 2.08. The summed E-state index contributed by atoms with van der Waals surface area (Å²) in [6.45, 7) is 1.40. The van der Waals surface area contributed by atoms with Gasteiger partial charge in [0.05, 0.1) is 6.07 Å². The van der Waals surface area contributed by atoms with Crippen LogP contribution in [0.15, 0.2) is 24.3 Å². The minimum Gasteiger partial charge on any atom is -0.371 e. The fourth-order valence-electron chi connectivity index (χ4n) is 1.95. The van der Waals surface area contributed by atoms with Crippen molar-refractivity contribution >= 4 is 5.69 Å². The zero-order valence-corrected chi connectivity index (χ0v) is 8.99. The quantitative estimate of drug-likeness (QED) is 0.781. The number of halogens is 1. The molecule has 1 heterocycles. The van der Waals surface area contributed by atoms with Crippen LogP contribution in [0, 0.1) is 17.1 Å². The Hall–Kier alpha value is -1.60. The first-order chi connectivity index (χ1) is 7.63. The maximum Gasteiger partial charge on any atom is 0.125 e. The van der Waals surface area contributed by atoms with Crippen LogP contribution in [0.1, 0.15) is 12.8 Å². The summed E-state index contributed by atoms with van der Waals surface area (Å²) in [5.41, 5.74) is 6.02. The van der Waals surface area contributed by atoms with Crippen LogP contribution in [0.3, 0.4) is 0 Å². The summed E-state index contributed by atoms with van der Waals surface area (Å²) in [6, 6.07) is 8.64. The van der Waals surface area contributed by atoms with Crippen LogP contribution in [-0.4, -0.2) is 18.6 Å². The van der Waals surface area contributed by atoms with Gasteiger partial charge in [-0.15, -0.1) is 0 Å². The highest BCUT2D eigenvalue weighted by atomic mass is 19.1. The monoisotopic (exact) mass is 219 g/mol. The van der Waals surface area contributed by atoms with Crippen molar-refractivity contribution in [2.45, 2.75) is 18.4 Å². The number of hydrogen-bond donors (Lipinski definition) is 1. The molecular formula is C12H14FN3. The largest absolute Gasteiger partial charge is 0.371 e. The normalized spacial score (nSPS) is 19.2. The second-order valence-electron chi connectivity index (χ2n) is 4.23. The minimum absolute atomic E-state index is 0.234. The Kier molecular flexibility index (Phi) is 2.80. The number of nitriles is 1. The van der Waals surface area contributed by atoms with Crippen molar-refractivity contribution in [2.75, 3.05) is 18.0 Å². The van der Waals surface area contributed by atoms with Gasteiger partial charge in [0.25, 0.3) is 0 Å². The van der Waals surface area contributed by atoms with Gasteiger partial charge in [0.15, 0.2) is 0 Å². The second-order valence-corrected chi connectivity index (χ2v) is 4.23. The first-order valence-corrected chi connectivity index (χ1v) is 5.34. The van der Waals surface area contributed by atoms with Crippen molar-refractivity contribution in [1.29, 1.82) is 5.26 Å². The van der Waals surface area contributed by atoms with Crippen LogP contribution in [0.4, 0.5) is 10.1 Å². The minimum atomic E-state index is -0.705. The lowest BCUT2D eigenvalue weighted by Crippen LogP contribution is -2.49. The Morgan fingerprint density at radius 2 is 2.06 bits per heavy atom. The summed E-state index contributed by atoms with van der Waals surface area (Å²) >= 11 is 0. The Bertz CT molecular complexity index is 417. The summed E-state index contributed by atoms with van der Waals surface area (Å²) < 4.78 is 13.0. The van der Waals surface area contributed by atoms with E-state index in [1.165, 1.54) is 12.1 Å². The SMILES string of the molecule is N#CC1(N)CCN(c2cccc(F)c2)CC1. The third kappa shape index (κ3) is 2.15. The predicted molar refractivity (Wildman–Crippen MR) is 60.4 cm³/mol. The van der Waals surface area contributed by atoms with E-state index < -0.39 is 5.54 Å². The summed E-state index contributed by atoms with van der Waals surface area (Å²) in [4.78, 5) is 2.06. The number of nitrogens with zero attached hydrogens (tertiary/aromatic N) is 2. The fraction of sp³-hybridized carbons (Fsp3) is 0.417. The van der Waals surface area contributed by atoms with Gasteiger partial charge in [-0.3, -0.25) is 0 Å². The van der Waals surface area contributed by atoms with E-state index in [0.717, 1.165) is 5.69 Å². The van der Waals surface area contributed by atoms with Gasteiger partial charge in [0, 0.05) is 18.8 Å². The number of anilines is 1. The van der Waals surface area contributed by atoms with E-state index in [4.69, 9.17) is 11.0 Å². The van der Waals surface area contributed by atoms with E-state index >= 15 is 0 Å². The molecule has 3 nitrogen and oxygen atoms in total. The maximum atomic E-state index is 13.0. The van der Waals surface area contributed by atoms with Crippen LogP contribution < -0.4 is 10.6 Å². The number of rotatable bonds is 1. The van der Waals surface area contributed by atoms with Crippen molar-refractivity contribution in [3.8, 4) is 6.07 Å². The molecule has 0 amide bonds. The van der Waals surface area contributed by atoms with Gasteiger partial charge in [-0.2, -0.15) is 5.26 Å². The lowest BCUT2D eigenvalue weighted by atomic mass is 9.90. The molecule has 0 atom stereocenters. The van der Waals surface area contributed by atoms with Crippen LogP contribution in [0.25, 0.3) is 0 Å². The van der Waals surface area contributed by atoms with Crippen molar-refractivity contribution in [2.24, 2.45) is 5.73 Å². The van der Waals surface area contributed by atoms with Crippen LogP contribution in [-0.2, 0) is 0 Å². The molecule has 4 heteroatoms. The van der Waals surface area contributed by atoms with Crippen molar-refractivity contribution < 1.29 is 4.39 Å². The lowest BCUT2D eigenvalue weighted by Gasteiger charge is -2.36. The molecule has 0 unspecified atom stereocenters. The van der Waals surface area contributed by atoms with Crippen LogP contribution >= 0.6 is 0 Å². The van der Waals surface area contributed by atoms with Gasteiger partial charge in [-0.25, -0.2) is 4.39 Å². The molecule has 0 spiro atoms. The molecule has 1 aromatic rings. The van der Waals surface area contributed by atoms with Gasteiger partial charge in [-0.1, -0.05) is 6.07 Å². The average molecular weight is 219 g/mol. The molecule has 1 aromatic carbocycles. The molecule has 16 heavy (non-hydrogen) atoms. The van der Waals surface area contributed by atoms with Crippen LogP contribution in [0.5, 0.6) is 0 Å². The summed E-state index contributed by atoms with van der Waals surface area (Å²) in [7, 11) is 0.